The highest BCUT2D eigenvalue weighted by Gasteiger charge is 2.33. The summed E-state index contributed by atoms with van der Waals surface area (Å²) >= 11 is 5.86. The summed E-state index contributed by atoms with van der Waals surface area (Å²) in [6, 6.07) is 6.77. The summed E-state index contributed by atoms with van der Waals surface area (Å²) in [5, 5.41) is 18.3. The zero-order valence-electron chi connectivity index (χ0n) is 13.0. The van der Waals surface area contributed by atoms with Crippen molar-refractivity contribution >= 4 is 17.7 Å². The summed E-state index contributed by atoms with van der Waals surface area (Å²) in [5.74, 6) is 0. The minimum Gasteiger partial charge on any atom is -0.465 e. The van der Waals surface area contributed by atoms with Crippen LogP contribution >= 0.6 is 11.6 Å². The van der Waals surface area contributed by atoms with Crippen molar-refractivity contribution < 1.29 is 9.90 Å². The van der Waals surface area contributed by atoms with E-state index in [2.05, 4.69) is 10.3 Å². The fraction of sp³-hybridized carbons (Fsp3) is 0.400. The molecule has 1 amide bonds. The maximum atomic E-state index is 11.5. The Hall–Kier alpha value is -2.08. The first-order valence-corrected chi connectivity index (χ1v) is 7.28. The Bertz CT molecular complexity index is 661. The molecule has 0 spiro atoms. The second kappa shape index (κ2) is 5.96. The van der Waals surface area contributed by atoms with E-state index in [1.165, 1.54) is 4.90 Å². The number of hydrogen-bond acceptors (Lipinski definition) is 3. The van der Waals surface area contributed by atoms with Gasteiger partial charge in [-0.2, -0.15) is 0 Å². The van der Waals surface area contributed by atoms with Crippen LogP contribution in [0.2, 0.25) is 5.02 Å². The fourth-order valence-electron chi connectivity index (χ4n) is 2.35. The van der Waals surface area contributed by atoms with Gasteiger partial charge in [-0.25, -0.2) is 9.48 Å². The molecule has 0 radical (unpaired) electrons. The number of halogens is 1. The van der Waals surface area contributed by atoms with Gasteiger partial charge in [0, 0.05) is 10.6 Å². The summed E-state index contributed by atoms with van der Waals surface area (Å²) in [7, 11) is 0. The van der Waals surface area contributed by atoms with Gasteiger partial charge >= 0.3 is 6.09 Å². The van der Waals surface area contributed by atoms with Gasteiger partial charge < -0.3 is 5.11 Å². The summed E-state index contributed by atoms with van der Waals surface area (Å²) < 4.78 is 1.60. The molecule has 0 saturated carbocycles. The SMILES string of the molecule is CC(c1cn(-c2ccc(Cl)cc2)nn1)N(C(=O)O)C(C)(C)C. The summed E-state index contributed by atoms with van der Waals surface area (Å²) in [6.07, 6.45) is 0.747. The van der Waals surface area contributed by atoms with E-state index in [9.17, 15) is 9.90 Å². The standard InChI is InChI=1S/C15H19ClN4O2/c1-10(20(14(21)22)15(2,3)4)13-9-19(18-17-13)12-7-5-11(16)6-8-12/h5-10H,1-4H3,(H,21,22). The number of benzene rings is 1. The maximum absolute atomic E-state index is 11.5. The quantitative estimate of drug-likeness (QED) is 0.934. The normalized spacial score (nSPS) is 13.0. The Labute approximate surface area is 134 Å². The molecule has 2 aromatic rings. The number of amides is 1. The third kappa shape index (κ3) is 3.39. The molecule has 1 aromatic heterocycles. The van der Waals surface area contributed by atoms with Crippen LogP contribution in [0.1, 0.15) is 39.4 Å². The molecule has 1 heterocycles. The van der Waals surface area contributed by atoms with Crippen LogP contribution in [0.3, 0.4) is 0 Å². The van der Waals surface area contributed by atoms with Crippen LogP contribution in [-0.2, 0) is 0 Å². The summed E-state index contributed by atoms with van der Waals surface area (Å²) in [6.45, 7) is 7.35. The molecule has 1 atom stereocenters. The molecule has 2 rings (SSSR count). The van der Waals surface area contributed by atoms with Crippen molar-refractivity contribution in [3.8, 4) is 5.69 Å². The first-order valence-electron chi connectivity index (χ1n) is 6.90. The predicted octanol–water partition coefficient (Wildman–Crippen LogP) is 3.76. The minimum absolute atomic E-state index is 0.404. The molecule has 6 nitrogen and oxygen atoms in total. The molecule has 0 aliphatic rings. The van der Waals surface area contributed by atoms with Gasteiger partial charge in [-0.15, -0.1) is 5.10 Å². The third-order valence-corrected chi connectivity index (χ3v) is 3.60. The van der Waals surface area contributed by atoms with Crippen molar-refractivity contribution in [1.29, 1.82) is 0 Å². The van der Waals surface area contributed by atoms with Gasteiger partial charge in [-0.3, -0.25) is 4.90 Å². The zero-order valence-corrected chi connectivity index (χ0v) is 13.7. The molecule has 0 fully saturated rings. The molecule has 0 aliphatic carbocycles. The van der Waals surface area contributed by atoms with Gasteiger partial charge in [0.15, 0.2) is 0 Å². The first-order chi connectivity index (χ1) is 10.2. The molecule has 1 N–H and O–H groups in total. The predicted molar refractivity (Wildman–Crippen MR) is 84.4 cm³/mol. The van der Waals surface area contributed by atoms with E-state index in [4.69, 9.17) is 11.6 Å². The van der Waals surface area contributed by atoms with Crippen LogP contribution in [-0.4, -0.2) is 36.6 Å². The van der Waals surface area contributed by atoms with Crippen molar-refractivity contribution in [1.82, 2.24) is 19.9 Å². The number of aromatic nitrogens is 3. The zero-order chi connectivity index (χ0) is 16.5. The Balaban J connectivity index is 2.30. The Morgan fingerprint density at radius 3 is 2.41 bits per heavy atom. The topological polar surface area (TPSA) is 71.2 Å². The van der Waals surface area contributed by atoms with Crippen LogP contribution in [0.15, 0.2) is 30.5 Å². The molecule has 0 saturated heterocycles. The number of nitrogens with zero attached hydrogens (tertiary/aromatic N) is 4. The lowest BCUT2D eigenvalue weighted by molar-refractivity contribution is 0.0740. The highest BCUT2D eigenvalue weighted by Crippen LogP contribution is 2.27. The molecule has 118 valence electrons. The van der Waals surface area contributed by atoms with Crippen LogP contribution in [0.5, 0.6) is 0 Å². The van der Waals surface area contributed by atoms with E-state index >= 15 is 0 Å². The van der Waals surface area contributed by atoms with Crippen LogP contribution in [0, 0.1) is 0 Å². The highest BCUT2D eigenvalue weighted by molar-refractivity contribution is 6.30. The second-order valence-electron chi connectivity index (χ2n) is 6.06. The van der Waals surface area contributed by atoms with Gasteiger partial charge in [0.2, 0.25) is 0 Å². The van der Waals surface area contributed by atoms with Crippen LogP contribution < -0.4 is 0 Å². The van der Waals surface area contributed by atoms with Crippen molar-refractivity contribution in [2.75, 3.05) is 0 Å². The van der Waals surface area contributed by atoms with Gasteiger partial charge in [-0.1, -0.05) is 16.8 Å². The lowest BCUT2D eigenvalue weighted by Crippen LogP contribution is -2.46. The number of hydrogen-bond donors (Lipinski definition) is 1. The Morgan fingerprint density at radius 1 is 1.32 bits per heavy atom. The minimum atomic E-state index is -0.985. The van der Waals surface area contributed by atoms with E-state index in [1.807, 2.05) is 32.9 Å². The molecule has 7 heteroatoms. The Kier molecular flexibility index (Phi) is 4.42. The molecule has 1 unspecified atom stereocenters. The van der Waals surface area contributed by atoms with Crippen LogP contribution in [0.25, 0.3) is 5.69 Å². The van der Waals surface area contributed by atoms with Gasteiger partial charge in [0.05, 0.1) is 17.9 Å². The monoisotopic (exact) mass is 322 g/mol. The van der Waals surface area contributed by atoms with Crippen molar-refractivity contribution in [3.05, 3.63) is 41.2 Å². The van der Waals surface area contributed by atoms with Crippen molar-refractivity contribution in [3.63, 3.8) is 0 Å². The average molecular weight is 323 g/mol. The summed E-state index contributed by atoms with van der Waals surface area (Å²) in [5.41, 5.74) is 0.871. The lowest BCUT2D eigenvalue weighted by Gasteiger charge is -2.37. The van der Waals surface area contributed by atoms with Crippen molar-refractivity contribution in [2.24, 2.45) is 0 Å². The molecule has 0 aliphatic heterocycles. The highest BCUT2D eigenvalue weighted by atomic mass is 35.5. The number of carbonyl (C=O) groups is 1. The van der Waals surface area contributed by atoms with Gasteiger partial charge in [0.25, 0.3) is 0 Å². The van der Waals surface area contributed by atoms with Crippen LogP contribution in [0.4, 0.5) is 4.79 Å². The molecule has 0 bridgehead atoms. The largest absolute Gasteiger partial charge is 0.465 e. The summed E-state index contributed by atoms with van der Waals surface area (Å²) in [4.78, 5) is 12.9. The Morgan fingerprint density at radius 2 is 1.91 bits per heavy atom. The first kappa shape index (κ1) is 16.3. The van der Waals surface area contributed by atoms with Crippen molar-refractivity contribution in [2.45, 2.75) is 39.3 Å². The molecule has 1 aromatic carbocycles. The third-order valence-electron chi connectivity index (χ3n) is 3.35. The van der Waals surface area contributed by atoms with Gasteiger partial charge in [0.1, 0.15) is 5.69 Å². The van der Waals surface area contributed by atoms with E-state index in [-0.39, 0.29) is 0 Å². The average Bonchev–Trinajstić information content (AvgIpc) is 2.87. The number of rotatable bonds is 3. The molecule has 22 heavy (non-hydrogen) atoms. The molecular formula is C15H19ClN4O2. The lowest BCUT2D eigenvalue weighted by atomic mass is 10.0. The maximum Gasteiger partial charge on any atom is 0.408 e. The van der Waals surface area contributed by atoms with E-state index in [1.54, 1.807) is 29.9 Å². The second-order valence-corrected chi connectivity index (χ2v) is 6.50. The van der Waals surface area contributed by atoms with E-state index < -0.39 is 17.7 Å². The van der Waals surface area contributed by atoms with E-state index in [0.717, 1.165) is 5.69 Å². The van der Waals surface area contributed by atoms with E-state index in [0.29, 0.717) is 10.7 Å². The van der Waals surface area contributed by atoms with Gasteiger partial charge in [-0.05, 0) is 52.0 Å². The fourth-order valence-corrected chi connectivity index (χ4v) is 2.48. The number of carboxylic acid groups (broad SMARTS) is 1. The molecular weight excluding hydrogens is 304 g/mol. The smallest absolute Gasteiger partial charge is 0.408 e.